The van der Waals surface area contributed by atoms with Crippen molar-refractivity contribution in [3.05, 3.63) is 63.5 Å². The molecule has 3 rings (SSSR count). The SMILES string of the molecule is C[C@@H](OC(=O)Cc1csc(-c2ccsc2)n1)C(=O)NCCc1ccc(F)cc1. The summed E-state index contributed by atoms with van der Waals surface area (Å²) in [7, 11) is 0. The molecule has 0 unspecified atom stereocenters. The predicted molar refractivity (Wildman–Crippen MR) is 108 cm³/mol. The van der Waals surface area contributed by atoms with E-state index in [1.807, 2.05) is 22.2 Å². The molecule has 8 heteroatoms. The quantitative estimate of drug-likeness (QED) is 0.565. The zero-order valence-electron chi connectivity index (χ0n) is 15.2. The molecule has 28 heavy (non-hydrogen) atoms. The summed E-state index contributed by atoms with van der Waals surface area (Å²) in [6, 6.07) is 8.07. The number of aromatic nitrogens is 1. The van der Waals surface area contributed by atoms with Crippen LogP contribution < -0.4 is 5.32 Å². The first-order chi connectivity index (χ1) is 13.5. The van der Waals surface area contributed by atoms with Gasteiger partial charge in [-0.1, -0.05) is 12.1 Å². The van der Waals surface area contributed by atoms with Crippen molar-refractivity contribution in [2.75, 3.05) is 6.54 Å². The fourth-order valence-electron chi connectivity index (χ4n) is 2.47. The summed E-state index contributed by atoms with van der Waals surface area (Å²) in [6.45, 7) is 1.91. The third-order valence-electron chi connectivity index (χ3n) is 3.95. The van der Waals surface area contributed by atoms with Crippen LogP contribution in [0.3, 0.4) is 0 Å². The first-order valence-electron chi connectivity index (χ1n) is 8.70. The second-order valence-electron chi connectivity index (χ2n) is 6.13. The summed E-state index contributed by atoms with van der Waals surface area (Å²) in [6.07, 6.45) is -0.305. The van der Waals surface area contributed by atoms with Gasteiger partial charge in [0.1, 0.15) is 10.8 Å². The average Bonchev–Trinajstić information content (AvgIpc) is 3.34. The number of amides is 1. The smallest absolute Gasteiger partial charge is 0.312 e. The Labute approximate surface area is 170 Å². The monoisotopic (exact) mass is 418 g/mol. The van der Waals surface area contributed by atoms with Gasteiger partial charge in [-0.3, -0.25) is 9.59 Å². The van der Waals surface area contributed by atoms with Crippen LogP contribution in [0.4, 0.5) is 4.39 Å². The lowest BCUT2D eigenvalue weighted by Gasteiger charge is -2.13. The van der Waals surface area contributed by atoms with Gasteiger partial charge >= 0.3 is 5.97 Å². The van der Waals surface area contributed by atoms with Crippen LogP contribution in [-0.2, 0) is 27.2 Å². The van der Waals surface area contributed by atoms with Crippen molar-refractivity contribution >= 4 is 34.6 Å². The molecule has 2 aromatic heterocycles. The van der Waals surface area contributed by atoms with Crippen LogP contribution in [-0.4, -0.2) is 29.5 Å². The number of carbonyl (C=O) groups is 2. The Morgan fingerprint density at radius 3 is 2.71 bits per heavy atom. The van der Waals surface area contributed by atoms with E-state index in [9.17, 15) is 14.0 Å². The topological polar surface area (TPSA) is 68.3 Å². The number of thiazole rings is 1. The fraction of sp³-hybridized carbons (Fsp3) is 0.250. The highest BCUT2D eigenvalue weighted by Crippen LogP contribution is 2.25. The molecule has 0 saturated heterocycles. The minimum atomic E-state index is -0.893. The van der Waals surface area contributed by atoms with Crippen molar-refractivity contribution < 1.29 is 18.7 Å². The van der Waals surface area contributed by atoms with E-state index in [1.54, 1.807) is 23.5 Å². The Bertz CT molecular complexity index is 923. The first-order valence-corrected chi connectivity index (χ1v) is 10.5. The van der Waals surface area contributed by atoms with Crippen LogP contribution >= 0.6 is 22.7 Å². The van der Waals surface area contributed by atoms with Gasteiger partial charge in [-0.25, -0.2) is 9.37 Å². The number of rotatable bonds is 8. The van der Waals surface area contributed by atoms with Crippen LogP contribution in [0.1, 0.15) is 18.2 Å². The molecule has 1 amide bonds. The molecule has 0 radical (unpaired) electrons. The zero-order chi connectivity index (χ0) is 19.9. The van der Waals surface area contributed by atoms with E-state index < -0.39 is 12.1 Å². The second-order valence-corrected chi connectivity index (χ2v) is 7.77. The second kappa shape index (κ2) is 9.57. The minimum Gasteiger partial charge on any atom is -0.452 e. The maximum atomic E-state index is 12.9. The Kier molecular flexibility index (Phi) is 6.89. The lowest BCUT2D eigenvalue weighted by atomic mass is 10.1. The molecule has 146 valence electrons. The molecule has 1 N–H and O–H groups in total. The van der Waals surface area contributed by atoms with E-state index in [0.717, 1.165) is 16.1 Å². The molecule has 0 bridgehead atoms. The Hall–Kier alpha value is -2.58. The number of nitrogens with one attached hydrogen (secondary N) is 1. The molecule has 0 aliphatic heterocycles. The van der Waals surface area contributed by atoms with E-state index in [2.05, 4.69) is 10.3 Å². The number of thiophene rings is 1. The average molecular weight is 419 g/mol. The molecular weight excluding hydrogens is 399 g/mol. The van der Waals surface area contributed by atoms with Crippen molar-refractivity contribution in [1.82, 2.24) is 10.3 Å². The summed E-state index contributed by atoms with van der Waals surface area (Å²) in [5.41, 5.74) is 2.57. The van der Waals surface area contributed by atoms with Crippen molar-refractivity contribution in [3.8, 4) is 10.6 Å². The molecule has 0 aliphatic rings. The summed E-state index contributed by atoms with van der Waals surface area (Å²) in [5, 5.41) is 9.37. The standard InChI is InChI=1S/C20H19FN2O3S2/c1-13(19(25)22-8-6-14-2-4-16(21)5-3-14)26-18(24)10-17-12-28-20(23-17)15-7-9-27-11-15/h2-5,7,9,11-13H,6,8,10H2,1H3,(H,22,25)/t13-/m1/s1. The number of carbonyl (C=O) groups excluding carboxylic acids is 2. The van der Waals surface area contributed by atoms with Crippen LogP contribution in [0.25, 0.3) is 10.6 Å². The lowest BCUT2D eigenvalue weighted by molar-refractivity contribution is -0.154. The minimum absolute atomic E-state index is 0.0217. The predicted octanol–water partition coefficient (Wildman–Crippen LogP) is 3.84. The molecule has 1 atom stereocenters. The first kappa shape index (κ1) is 20.2. The zero-order valence-corrected chi connectivity index (χ0v) is 16.8. The fourth-order valence-corrected chi connectivity index (χ4v) is 4.00. The number of hydrogen-bond donors (Lipinski definition) is 1. The maximum Gasteiger partial charge on any atom is 0.312 e. The number of halogens is 1. The number of benzene rings is 1. The normalized spacial score (nSPS) is 11.8. The molecule has 0 fully saturated rings. The Morgan fingerprint density at radius 2 is 2.00 bits per heavy atom. The van der Waals surface area contributed by atoms with Gasteiger partial charge in [0.2, 0.25) is 0 Å². The van der Waals surface area contributed by atoms with Gasteiger partial charge in [-0.15, -0.1) is 11.3 Å². The van der Waals surface area contributed by atoms with Crippen LogP contribution in [0.15, 0.2) is 46.5 Å². The van der Waals surface area contributed by atoms with Gasteiger partial charge in [-0.05, 0) is 42.5 Å². The molecule has 0 aliphatic carbocycles. The molecule has 0 spiro atoms. The van der Waals surface area contributed by atoms with E-state index in [-0.39, 0.29) is 18.1 Å². The molecule has 3 aromatic rings. The highest BCUT2D eigenvalue weighted by Gasteiger charge is 2.18. The van der Waals surface area contributed by atoms with Crippen LogP contribution in [0.2, 0.25) is 0 Å². The van der Waals surface area contributed by atoms with E-state index >= 15 is 0 Å². The molecule has 0 saturated carbocycles. The molecule has 2 heterocycles. The van der Waals surface area contributed by atoms with Gasteiger partial charge in [0.15, 0.2) is 6.10 Å². The Balaban J connectivity index is 1.42. The third-order valence-corrected chi connectivity index (χ3v) is 5.57. The van der Waals surface area contributed by atoms with Gasteiger partial charge in [0.05, 0.1) is 12.1 Å². The van der Waals surface area contributed by atoms with Crippen molar-refractivity contribution in [2.24, 2.45) is 0 Å². The Morgan fingerprint density at radius 1 is 1.21 bits per heavy atom. The van der Waals surface area contributed by atoms with Gasteiger partial charge < -0.3 is 10.1 Å². The number of ether oxygens (including phenoxy) is 1. The molecular formula is C20H19FN2O3S2. The van der Waals surface area contributed by atoms with E-state index in [4.69, 9.17) is 4.74 Å². The van der Waals surface area contributed by atoms with Gasteiger partial charge in [0.25, 0.3) is 5.91 Å². The molecule has 1 aromatic carbocycles. The van der Waals surface area contributed by atoms with Gasteiger partial charge in [-0.2, -0.15) is 11.3 Å². The third kappa shape index (κ3) is 5.71. The summed E-state index contributed by atoms with van der Waals surface area (Å²) in [5.74, 6) is -1.16. The van der Waals surface area contributed by atoms with Crippen molar-refractivity contribution in [1.29, 1.82) is 0 Å². The largest absolute Gasteiger partial charge is 0.452 e. The highest BCUT2D eigenvalue weighted by molar-refractivity contribution is 7.14. The summed E-state index contributed by atoms with van der Waals surface area (Å²) < 4.78 is 18.1. The number of hydrogen-bond acceptors (Lipinski definition) is 6. The van der Waals surface area contributed by atoms with Crippen LogP contribution in [0, 0.1) is 5.82 Å². The highest BCUT2D eigenvalue weighted by atomic mass is 32.1. The van der Waals surface area contributed by atoms with E-state index in [0.29, 0.717) is 18.7 Å². The van der Waals surface area contributed by atoms with E-state index in [1.165, 1.54) is 30.4 Å². The summed E-state index contributed by atoms with van der Waals surface area (Å²) in [4.78, 5) is 28.6. The molecule has 5 nitrogen and oxygen atoms in total. The summed E-state index contributed by atoms with van der Waals surface area (Å²) >= 11 is 3.06. The maximum absolute atomic E-state index is 12.9. The number of nitrogens with zero attached hydrogens (tertiary/aromatic N) is 1. The van der Waals surface area contributed by atoms with Crippen molar-refractivity contribution in [2.45, 2.75) is 25.9 Å². The van der Waals surface area contributed by atoms with Crippen molar-refractivity contribution in [3.63, 3.8) is 0 Å². The lowest BCUT2D eigenvalue weighted by Crippen LogP contribution is -2.37. The van der Waals surface area contributed by atoms with Crippen LogP contribution in [0.5, 0.6) is 0 Å². The number of esters is 1. The van der Waals surface area contributed by atoms with Gasteiger partial charge in [0, 0.05) is 22.9 Å².